The van der Waals surface area contributed by atoms with E-state index in [2.05, 4.69) is 45.5 Å². The molecule has 0 radical (unpaired) electrons. The second-order valence-electron chi connectivity index (χ2n) is 2.47. The summed E-state index contributed by atoms with van der Waals surface area (Å²) in [6.07, 6.45) is 5.14. The standard InChI is InChI=1S/C9H10BrNS/c1-3-4-11-7(2)9-5-8(10)6-12-9/h1,5-7,11H,4H2,2H3. The van der Waals surface area contributed by atoms with E-state index in [1.807, 2.05) is 0 Å². The molecule has 0 bridgehead atoms. The van der Waals surface area contributed by atoms with Crippen molar-refractivity contribution in [2.45, 2.75) is 13.0 Å². The highest BCUT2D eigenvalue weighted by Crippen LogP contribution is 2.24. The van der Waals surface area contributed by atoms with E-state index < -0.39 is 0 Å². The fourth-order valence-corrected chi connectivity index (χ4v) is 2.35. The van der Waals surface area contributed by atoms with E-state index in [1.165, 1.54) is 4.88 Å². The van der Waals surface area contributed by atoms with Gasteiger partial charge in [0.05, 0.1) is 6.54 Å². The molecule has 1 heterocycles. The summed E-state index contributed by atoms with van der Waals surface area (Å²) in [7, 11) is 0. The molecule has 0 fully saturated rings. The van der Waals surface area contributed by atoms with Crippen LogP contribution < -0.4 is 5.32 Å². The van der Waals surface area contributed by atoms with Gasteiger partial charge in [0.25, 0.3) is 0 Å². The van der Waals surface area contributed by atoms with Crippen LogP contribution in [0.2, 0.25) is 0 Å². The molecule has 0 aliphatic heterocycles. The van der Waals surface area contributed by atoms with Crippen molar-refractivity contribution < 1.29 is 0 Å². The first-order chi connectivity index (χ1) is 5.74. The van der Waals surface area contributed by atoms with Crippen molar-refractivity contribution in [1.82, 2.24) is 5.32 Å². The minimum Gasteiger partial charge on any atom is -0.299 e. The number of hydrogen-bond acceptors (Lipinski definition) is 2. The van der Waals surface area contributed by atoms with Crippen LogP contribution in [0.25, 0.3) is 0 Å². The van der Waals surface area contributed by atoms with Gasteiger partial charge < -0.3 is 0 Å². The van der Waals surface area contributed by atoms with Crippen LogP contribution in [0.1, 0.15) is 17.8 Å². The highest BCUT2D eigenvalue weighted by atomic mass is 79.9. The van der Waals surface area contributed by atoms with Crippen molar-refractivity contribution in [3.63, 3.8) is 0 Å². The first-order valence-corrected chi connectivity index (χ1v) is 5.32. The van der Waals surface area contributed by atoms with Crippen molar-refractivity contribution in [3.8, 4) is 12.3 Å². The molecule has 0 spiro atoms. The SMILES string of the molecule is C#CCNC(C)c1cc(Br)cs1. The number of halogens is 1. The molecule has 1 aromatic rings. The molecular weight excluding hydrogens is 234 g/mol. The normalized spacial score (nSPS) is 12.4. The Morgan fingerprint density at radius 1 is 1.83 bits per heavy atom. The fourth-order valence-electron chi connectivity index (χ4n) is 0.868. The van der Waals surface area contributed by atoms with Gasteiger partial charge in [-0.15, -0.1) is 17.8 Å². The van der Waals surface area contributed by atoms with E-state index >= 15 is 0 Å². The lowest BCUT2D eigenvalue weighted by Gasteiger charge is -2.08. The maximum Gasteiger partial charge on any atom is 0.0578 e. The number of rotatable bonds is 3. The third-order valence-corrected chi connectivity index (χ3v) is 3.40. The third-order valence-electron chi connectivity index (χ3n) is 1.52. The van der Waals surface area contributed by atoms with Crippen LogP contribution in [-0.4, -0.2) is 6.54 Å². The van der Waals surface area contributed by atoms with Crippen LogP contribution in [0, 0.1) is 12.3 Å². The molecule has 3 heteroatoms. The van der Waals surface area contributed by atoms with Crippen molar-refractivity contribution in [2.75, 3.05) is 6.54 Å². The van der Waals surface area contributed by atoms with Crippen LogP contribution >= 0.6 is 27.3 Å². The molecule has 0 amide bonds. The maximum absolute atomic E-state index is 5.14. The largest absolute Gasteiger partial charge is 0.299 e. The highest BCUT2D eigenvalue weighted by molar-refractivity contribution is 9.10. The summed E-state index contributed by atoms with van der Waals surface area (Å²) in [5.74, 6) is 2.56. The predicted octanol–water partition coefficient (Wildman–Crippen LogP) is 2.79. The molecule has 0 aliphatic rings. The average molecular weight is 244 g/mol. The Morgan fingerprint density at radius 3 is 3.08 bits per heavy atom. The molecule has 0 aliphatic carbocycles. The Balaban J connectivity index is 2.54. The number of thiophene rings is 1. The Kier molecular flexibility index (Phi) is 3.80. The molecule has 1 atom stereocenters. The number of terminal acetylenes is 1. The topological polar surface area (TPSA) is 12.0 Å². The quantitative estimate of drug-likeness (QED) is 0.806. The van der Waals surface area contributed by atoms with Gasteiger partial charge in [-0.05, 0) is 28.9 Å². The van der Waals surface area contributed by atoms with E-state index in [4.69, 9.17) is 6.42 Å². The molecule has 1 nitrogen and oxygen atoms in total. The molecule has 1 aromatic heterocycles. The van der Waals surface area contributed by atoms with Crippen LogP contribution in [0.3, 0.4) is 0 Å². The van der Waals surface area contributed by atoms with Crippen LogP contribution in [0.5, 0.6) is 0 Å². The first-order valence-electron chi connectivity index (χ1n) is 3.65. The van der Waals surface area contributed by atoms with Crippen molar-refractivity contribution >= 4 is 27.3 Å². The van der Waals surface area contributed by atoms with Crippen LogP contribution in [0.4, 0.5) is 0 Å². The minimum absolute atomic E-state index is 0.345. The first kappa shape index (κ1) is 9.79. The predicted molar refractivity (Wildman–Crippen MR) is 57.3 cm³/mol. The lowest BCUT2D eigenvalue weighted by molar-refractivity contribution is 0.633. The molecule has 1 N–H and O–H groups in total. The van der Waals surface area contributed by atoms with E-state index in [-0.39, 0.29) is 0 Å². The van der Waals surface area contributed by atoms with E-state index in [1.54, 1.807) is 11.3 Å². The van der Waals surface area contributed by atoms with Gasteiger partial charge in [0.1, 0.15) is 0 Å². The summed E-state index contributed by atoms with van der Waals surface area (Å²) in [5.41, 5.74) is 0. The van der Waals surface area contributed by atoms with E-state index in [0.29, 0.717) is 12.6 Å². The monoisotopic (exact) mass is 243 g/mol. The Morgan fingerprint density at radius 2 is 2.58 bits per heavy atom. The second-order valence-corrected chi connectivity index (χ2v) is 4.33. The third kappa shape index (κ3) is 2.63. The summed E-state index contributed by atoms with van der Waals surface area (Å²) >= 11 is 5.14. The van der Waals surface area contributed by atoms with Crippen LogP contribution in [-0.2, 0) is 0 Å². The zero-order chi connectivity index (χ0) is 8.97. The summed E-state index contributed by atoms with van der Waals surface area (Å²) in [5, 5.41) is 5.29. The number of hydrogen-bond donors (Lipinski definition) is 1. The zero-order valence-electron chi connectivity index (χ0n) is 6.80. The maximum atomic E-state index is 5.14. The lowest BCUT2D eigenvalue weighted by Crippen LogP contribution is -2.17. The van der Waals surface area contributed by atoms with Gasteiger partial charge in [0.2, 0.25) is 0 Å². The summed E-state index contributed by atoms with van der Waals surface area (Å²) < 4.78 is 1.14. The van der Waals surface area contributed by atoms with Gasteiger partial charge in [0, 0.05) is 20.8 Å². The van der Waals surface area contributed by atoms with Crippen molar-refractivity contribution in [2.24, 2.45) is 0 Å². The summed E-state index contributed by atoms with van der Waals surface area (Å²) in [6, 6.07) is 2.45. The molecule has 0 aromatic carbocycles. The van der Waals surface area contributed by atoms with Gasteiger partial charge in [-0.3, -0.25) is 5.32 Å². The van der Waals surface area contributed by atoms with Crippen molar-refractivity contribution in [1.29, 1.82) is 0 Å². The molecular formula is C9H10BrNS. The van der Waals surface area contributed by atoms with Gasteiger partial charge in [0.15, 0.2) is 0 Å². The lowest BCUT2D eigenvalue weighted by atomic mass is 10.3. The second kappa shape index (κ2) is 4.66. The van der Waals surface area contributed by atoms with Crippen molar-refractivity contribution in [3.05, 3.63) is 20.8 Å². The van der Waals surface area contributed by atoms with E-state index in [0.717, 1.165) is 4.47 Å². The molecule has 1 unspecified atom stereocenters. The molecule has 0 saturated carbocycles. The highest BCUT2D eigenvalue weighted by Gasteiger charge is 2.05. The fraction of sp³-hybridized carbons (Fsp3) is 0.333. The van der Waals surface area contributed by atoms with Gasteiger partial charge >= 0.3 is 0 Å². The molecule has 12 heavy (non-hydrogen) atoms. The van der Waals surface area contributed by atoms with Gasteiger partial charge in [-0.25, -0.2) is 0 Å². The summed E-state index contributed by atoms with van der Waals surface area (Å²) in [4.78, 5) is 1.30. The van der Waals surface area contributed by atoms with Gasteiger partial charge in [-0.1, -0.05) is 5.92 Å². The number of nitrogens with one attached hydrogen (secondary N) is 1. The Labute approximate surface area is 85.3 Å². The Bertz CT molecular complexity index is 287. The smallest absolute Gasteiger partial charge is 0.0578 e. The zero-order valence-corrected chi connectivity index (χ0v) is 9.21. The molecule has 64 valence electrons. The Hall–Kier alpha value is -0.300. The van der Waals surface area contributed by atoms with Gasteiger partial charge in [-0.2, -0.15) is 0 Å². The van der Waals surface area contributed by atoms with Crippen LogP contribution in [0.15, 0.2) is 15.9 Å². The molecule has 0 saturated heterocycles. The summed E-state index contributed by atoms with van der Waals surface area (Å²) in [6.45, 7) is 2.73. The van der Waals surface area contributed by atoms with E-state index in [9.17, 15) is 0 Å². The minimum atomic E-state index is 0.345. The molecule has 1 rings (SSSR count). The average Bonchev–Trinajstić information content (AvgIpc) is 2.47.